The Labute approximate surface area is 126 Å². The lowest BCUT2D eigenvalue weighted by Crippen LogP contribution is -2.25. The predicted octanol–water partition coefficient (Wildman–Crippen LogP) is 4.39. The number of nitrogens with one attached hydrogen (secondary N) is 1. The van der Waals surface area contributed by atoms with Gasteiger partial charge in [0, 0.05) is 11.2 Å². The molecule has 0 amide bonds. The highest BCUT2D eigenvalue weighted by molar-refractivity contribution is 6.30. The molecule has 1 aromatic carbocycles. The van der Waals surface area contributed by atoms with Gasteiger partial charge in [0.1, 0.15) is 0 Å². The maximum Gasteiger partial charge on any atom is 0.0754 e. The Morgan fingerprint density at radius 2 is 2.05 bits per heavy atom. The van der Waals surface area contributed by atoms with E-state index >= 15 is 0 Å². The van der Waals surface area contributed by atoms with Crippen molar-refractivity contribution in [3.8, 4) is 0 Å². The van der Waals surface area contributed by atoms with Crippen molar-refractivity contribution in [2.45, 2.75) is 32.7 Å². The van der Waals surface area contributed by atoms with Crippen molar-refractivity contribution in [3.63, 3.8) is 0 Å². The summed E-state index contributed by atoms with van der Waals surface area (Å²) in [5.41, 5.74) is 3.55. The van der Waals surface area contributed by atoms with Crippen LogP contribution in [0.5, 0.6) is 0 Å². The summed E-state index contributed by atoms with van der Waals surface area (Å²) in [6.45, 7) is 5.29. The van der Waals surface area contributed by atoms with Gasteiger partial charge < -0.3 is 5.32 Å². The Balaban J connectivity index is 2.41. The maximum absolute atomic E-state index is 6.14. The third-order valence-corrected chi connectivity index (χ3v) is 3.60. The number of nitrogens with zero attached hydrogens (tertiary/aromatic N) is 1. The van der Waals surface area contributed by atoms with Gasteiger partial charge in [0.05, 0.1) is 11.7 Å². The third kappa shape index (κ3) is 3.59. The Morgan fingerprint density at radius 3 is 2.75 bits per heavy atom. The van der Waals surface area contributed by atoms with Crippen LogP contribution in [0.4, 0.5) is 0 Å². The van der Waals surface area contributed by atoms with Crippen LogP contribution in [0.15, 0.2) is 42.6 Å². The monoisotopic (exact) mass is 288 g/mol. The van der Waals surface area contributed by atoms with E-state index < -0.39 is 0 Å². The molecule has 1 N–H and O–H groups in total. The molecule has 2 aromatic rings. The minimum absolute atomic E-state index is 0.102. The van der Waals surface area contributed by atoms with Crippen molar-refractivity contribution < 1.29 is 0 Å². The second-order valence-electron chi connectivity index (χ2n) is 4.84. The second-order valence-corrected chi connectivity index (χ2v) is 5.28. The summed E-state index contributed by atoms with van der Waals surface area (Å²) in [6.07, 6.45) is 3.93. The molecule has 0 saturated carbocycles. The maximum atomic E-state index is 6.14. The molecule has 0 aliphatic rings. The van der Waals surface area contributed by atoms with Crippen LogP contribution in [-0.4, -0.2) is 11.5 Å². The Kier molecular flexibility index (Phi) is 5.57. The zero-order chi connectivity index (χ0) is 14.4. The average molecular weight is 289 g/mol. The van der Waals surface area contributed by atoms with E-state index in [9.17, 15) is 0 Å². The molecule has 20 heavy (non-hydrogen) atoms. The van der Waals surface area contributed by atoms with Crippen molar-refractivity contribution in [1.29, 1.82) is 0 Å². The summed E-state index contributed by atoms with van der Waals surface area (Å²) in [5.74, 6) is 0. The zero-order valence-electron chi connectivity index (χ0n) is 12.1. The molecular formula is C17H21ClN2. The van der Waals surface area contributed by atoms with E-state index in [0.29, 0.717) is 0 Å². The molecule has 1 unspecified atom stereocenters. The molecule has 0 fully saturated rings. The van der Waals surface area contributed by atoms with Crippen LogP contribution in [0.2, 0.25) is 5.02 Å². The molecule has 0 spiro atoms. The highest BCUT2D eigenvalue weighted by Crippen LogP contribution is 2.25. The van der Waals surface area contributed by atoms with Gasteiger partial charge in [0.2, 0.25) is 0 Å². The van der Waals surface area contributed by atoms with Crippen LogP contribution in [0, 0.1) is 0 Å². The number of rotatable bonds is 6. The van der Waals surface area contributed by atoms with Crippen molar-refractivity contribution in [1.82, 2.24) is 10.3 Å². The van der Waals surface area contributed by atoms with Gasteiger partial charge in [-0.25, -0.2) is 0 Å². The van der Waals surface area contributed by atoms with Gasteiger partial charge in [-0.05, 0) is 48.7 Å². The normalized spacial score (nSPS) is 12.3. The number of hydrogen-bond donors (Lipinski definition) is 1. The van der Waals surface area contributed by atoms with Crippen LogP contribution < -0.4 is 5.32 Å². The fraction of sp³-hybridized carbons (Fsp3) is 0.353. The number of benzene rings is 1. The summed E-state index contributed by atoms with van der Waals surface area (Å²) in [4.78, 5) is 4.60. The lowest BCUT2D eigenvalue weighted by Gasteiger charge is -2.21. The van der Waals surface area contributed by atoms with Crippen LogP contribution in [0.25, 0.3) is 0 Å². The van der Waals surface area contributed by atoms with Crippen molar-refractivity contribution in [2.24, 2.45) is 0 Å². The van der Waals surface area contributed by atoms with Gasteiger partial charge in [-0.15, -0.1) is 0 Å². The van der Waals surface area contributed by atoms with Crippen LogP contribution in [0.3, 0.4) is 0 Å². The molecular weight excluding hydrogens is 268 g/mol. The van der Waals surface area contributed by atoms with E-state index in [1.54, 1.807) is 0 Å². The molecule has 0 saturated heterocycles. The van der Waals surface area contributed by atoms with Gasteiger partial charge in [-0.1, -0.05) is 43.6 Å². The van der Waals surface area contributed by atoms with E-state index in [2.05, 4.69) is 36.3 Å². The summed E-state index contributed by atoms with van der Waals surface area (Å²) < 4.78 is 0. The largest absolute Gasteiger partial charge is 0.305 e. The minimum atomic E-state index is 0.102. The number of pyridine rings is 1. The molecule has 0 aliphatic heterocycles. The molecule has 0 aliphatic carbocycles. The van der Waals surface area contributed by atoms with Gasteiger partial charge in [0.25, 0.3) is 0 Å². The van der Waals surface area contributed by atoms with E-state index in [1.165, 1.54) is 11.1 Å². The topological polar surface area (TPSA) is 24.9 Å². The number of aryl methyl sites for hydroxylation is 1. The van der Waals surface area contributed by atoms with Gasteiger partial charge in [-0.2, -0.15) is 0 Å². The molecule has 0 bridgehead atoms. The van der Waals surface area contributed by atoms with Crippen molar-refractivity contribution in [2.75, 3.05) is 6.54 Å². The summed E-state index contributed by atoms with van der Waals surface area (Å²) in [5, 5.41) is 4.35. The number of halogens is 1. The van der Waals surface area contributed by atoms with Gasteiger partial charge >= 0.3 is 0 Å². The Bertz CT molecular complexity index is 554. The number of aromatic nitrogens is 1. The first kappa shape index (κ1) is 15.0. The summed E-state index contributed by atoms with van der Waals surface area (Å²) in [6, 6.07) is 12.3. The van der Waals surface area contributed by atoms with E-state index in [0.717, 1.165) is 30.1 Å². The molecule has 1 aromatic heterocycles. The van der Waals surface area contributed by atoms with Gasteiger partial charge in [0.15, 0.2) is 0 Å². The highest BCUT2D eigenvalue weighted by atomic mass is 35.5. The van der Waals surface area contributed by atoms with Gasteiger partial charge in [-0.3, -0.25) is 4.98 Å². The third-order valence-electron chi connectivity index (χ3n) is 3.36. The van der Waals surface area contributed by atoms with E-state index in [1.807, 2.05) is 30.5 Å². The summed E-state index contributed by atoms with van der Waals surface area (Å²) >= 11 is 6.14. The SMILES string of the molecule is CCCNC(c1cccc(Cl)c1)c1ncccc1CC. The quantitative estimate of drug-likeness (QED) is 0.853. The van der Waals surface area contributed by atoms with E-state index in [-0.39, 0.29) is 6.04 Å². The fourth-order valence-corrected chi connectivity index (χ4v) is 2.56. The Hall–Kier alpha value is -1.38. The highest BCUT2D eigenvalue weighted by Gasteiger charge is 2.17. The lowest BCUT2D eigenvalue weighted by molar-refractivity contribution is 0.582. The van der Waals surface area contributed by atoms with E-state index in [4.69, 9.17) is 11.6 Å². The van der Waals surface area contributed by atoms with Crippen molar-refractivity contribution >= 4 is 11.6 Å². The molecule has 0 radical (unpaired) electrons. The van der Waals surface area contributed by atoms with Crippen LogP contribution >= 0.6 is 11.6 Å². The van der Waals surface area contributed by atoms with Crippen LogP contribution in [-0.2, 0) is 6.42 Å². The predicted molar refractivity (Wildman–Crippen MR) is 85.2 cm³/mol. The molecule has 3 heteroatoms. The average Bonchev–Trinajstić information content (AvgIpc) is 2.48. The van der Waals surface area contributed by atoms with Crippen LogP contribution in [0.1, 0.15) is 43.1 Å². The molecule has 2 nitrogen and oxygen atoms in total. The first-order valence-electron chi connectivity index (χ1n) is 7.18. The number of hydrogen-bond acceptors (Lipinski definition) is 2. The molecule has 1 heterocycles. The molecule has 2 rings (SSSR count). The second kappa shape index (κ2) is 7.41. The first-order chi connectivity index (χ1) is 9.76. The first-order valence-corrected chi connectivity index (χ1v) is 7.56. The molecule has 106 valence electrons. The smallest absolute Gasteiger partial charge is 0.0754 e. The summed E-state index contributed by atoms with van der Waals surface area (Å²) in [7, 11) is 0. The lowest BCUT2D eigenvalue weighted by atomic mass is 9.98. The zero-order valence-corrected chi connectivity index (χ0v) is 12.8. The standard InChI is InChI=1S/C17H21ClN2/c1-3-10-19-17(14-7-5-9-15(18)12-14)16-13(4-2)8-6-11-20-16/h5-9,11-12,17,19H,3-4,10H2,1-2H3. The fourth-order valence-electron chi connectivity index (χ4n) is 2.36. The minimum Gasteiger partial charge on any atom is -0.305 e. The molecule has 1 atom stereocenters. The Morgan fingerprint density at radius 1 is 1.20 bits per heavy atom. The van der Waals surface area contributed by atoms with Crippen molar-refractivity contribution in [3.05, 3.63) is 64.4 Å².